The molecule has 0 aliphatic carbocycles. The molecule has 1 aromatic heterocycles. The zero-order valence-corrected chi connectivity index (χ0v) is 19.1. The van der Waals surface area contributed by atoms with Gasteiger partial charge in [0, 0.05) is 17.0 Å². The van der Waals surface area contributed by atoms with Gasteiger partial charge in [0.2, 0.25) is 17.3 Å². The number of thioether (sulfide) groups is 1. The SMILES string of the molecule is CCCOc1ccccc1C1Nc2ccccc2-c2nnc(SCc3ccccc3)nc2O1. The van der Waals surface area contributed by atoms with Crippen molar-refractivity contribution in [3.05, 3.63) is 90.0 Å². The number of fused-ring (bicyclic) bond motifs is 3. The lowest BCUT2D eigenvalue weighted by atomic mass is 10.1. The summed E-state index contributed by atoms with van der Waals surface area (Å²) in [6.45, 7) is 2.73. The average Bonchev–Trinajstić information content (AvgIpc) is 3.03. The molecular weight excluding hydrogens is 432 g/mol. The number of rotatable bonds is 7. The van der Waals surface area contributed by atoms with Crippen molar-refractivity contribution in [3.63, 3.8) is 0 Å². The van der Waals surface area contributed by atoms with E-state index in [9.17, 15) is 0 Å². The van der Waals surface area contributed by atoms with E-state index in [0.717, 1.165) is 34.7 Å². The molecule has 6 nitrogen and oxygen atoms in total. The summed E-state index contributed by atoms with van der Waals surface area (Å²) in [6, 6.07) is 26.1. The van der Waals surface area contributed by atoms with Gasteiger partial charge in [0.25, 0.3) is 0 Å². The predicted molar refractivity (Wildman–Crippen MR) is 130 cm³/mol. The van der Waals surface area contributed by atoms with Crippen molar-refractivity contribution in [2.75, 3.05) is 11.9 Å². The molecule has 0 spiro atoms. The van der Waals surface area contributed by atoms with Gasteiger partial charge in [0.15, 0.2) is 5.69 Å². The van der Waals surface area contributed by atoms with Crippen molar-refractivity contribution in [1.82, 2.24) is 15.2 Å². The Kier molecular flexibility index (Phi) is 6.39. The molecular formula is C26H24N4O2S. The summed E-state index contributed by atoms with van der Waals surface area (Å²) in [5.41, 5.74) is 4.55. The topological polar surface area (TPSA) is 69.2 Å². The maximum Gasteiger partial charge on any atom is 0.247 e. The third-order valence-corrected chi connectivity index (χ3v) is 6.12. The van der Waals surface area contributed by atoms with Crippen LogP contribution < -0.4 is 14.8 Å². The highest BCUT2D eigenvalue weighted by Gasteiger charge is 2.27. The van der Waals surface area contributed by atoms with E-state index in [4.69, 9.17) is 14.5 Å². The van der Waals surface area contributed by atoms with E-state index in [-0.39, 0.29) is 0 Å². The third kappa shape index (κ3) is 4.78. The molecule has 0 saturated carbocycles. The van der Waals surface area contributed by atoms with Crippen LogP contribution in [0.2, 0.25) is 0 Å². The van der Waals surface area contributed by atoms with Gasteiger partial charge < -0.3 is 14.8 Å². The zero-order valence-electron chi connectivity index (χ0n) is 18.3. The van der Waals surface area contributed by atoms with Crippen molar-refractivity contribution in [2.45, 2.75) is 30.5 Å². The van der Waals surface area contributed by atoms with E-state index in [0.29, 0.717) is 23.3 Å². The molecule has 0 saturated heterocycles. The lowest BCUT2D eigenvalue weighted by Gasteiger charge is -2.21. The molecule has 1 aliphatic rings. The molecule has 166 valence electrons. The molecule has 3 aromatic carbocycles. The van der Waals surface area contributed by atoms with Crippen molar-refractivity contribution in [1.29, 1.82) is 0 Å². The van der Waals surface area contributed by atoms with Crippen LogP contribution in [-0.4, -0.2) is 21.8 Å². The van der Waals surface area contributed by atoms with Crippen molar-refractivity contribution in [3.8, 4) is 22.9 Å². The van der Waals surface area contributed by atoms with Gasteiger partial charge >= 0.3 is 0 Å². The zero-order chi connectivity index (χ0) is 22.5. The van der Waals surface area contributed by atoms with Gasteiger partial charge in [0.05, 0.1) is 12.2 Å². The third-order valence-electron chi connectivity index (χ3n) is 5.21. The van der Waals surface area contributed by atoms with Gasteiger partial charge in [-0.1, -0.05) is 79.3 Å². The Morgan fingerprint density at radius 3 is 2.61 bits per heavy atom. The Labute approximate surface area is 197 Å². The number of anilines is 1. The molecule has 2 heterocycles. The van der Waals surface area contributed by atoms with Crippen LogP contribution in [0.5, 0.6) is 11.6 Å². The van der Waals surface area contributed by atoms with E-state index < -0.39 is 6.23 Å². The van der Waals surface area contributed by atoms with Crippen LogP contribution in [0.3, 0.4) is 0 Å². The van der Waals surface area contributed by atoms with Crippen molar-refractivity contribution < 1.29 is 9.47 Å². The van der Waals surface area contributed by atoms with E-state index in [1.54, 1.807) is 0 Å². The predicted octanol–water partition coefficient (Wildman–Crippen LogP) is 6.12. The number of para-hydroxylation sites is 2. The molecule has 33 heavy (non-hydrogen) atoms. The molecule has 1 N–H and O–H groups in total. The number of nitrogens with zero attached hydrogens (tertiary/aromatic N) is 3. The minimum absolute atomic E-state index is 0.452. The van der Waals surface area contributed by atoms with Gasteiger partial charge in [-0.2, -0.15) is 4.98 Å². The Balaban J connectivity index is 1.50. The fourth-order valence-electron chi connectivity index (χ4n) is 3.61. The monoisotopic (exact) mass is 456 g/mol. The van der Waals surface area contributed by atoms with Crippen LogP contribution in [0.15, 0.2) is 84.0 Å². The average molecular weight is 457 g/mol. The molecule has 0 amide bonds. The first kappa shape index (κ1) is 21.3. The summed E-state index contributed by atoms with van der Waals surface area (Å²) >= 11 is 1.54. The van der Waals surface area contributed by atoms with E-state index in [1.165, 1.54) is 17.3 Å². The number of hydrogen-bond donors (Lipinski definition) is 1. The van der Waals surface area contributed by atoms with Crippen LogP contribution in [0.1, 0.15) is 30.7 Å². The smallest absolute Gasteiger partial charge is 0.247 e. The summed E-state index contributed by atoms with van der Waals surface area (Å²) in [5, 5.41) is 13.0. The second kappa shape index (κ2) is 9.92. The van der Waals surface area contributed by atoms with Gasteiger partial charge in [0.1, 0.15) is 5.75 Å². The quantitative estimate of drug-likeness (QED) is 0.336. The Bertz CT molecular complexity index is 1240. The molecule has 0 bridgehead atoms. The van der Waals surface area contributed by atoms with E-state index in [2.05, 4.69) is 34.6 Å². The van der Waals surface area contributed by atoms with Crippen LogP contribution in [-0.2, 0) is 5.75 Å². The maximum atomic E-state index is 6.42. The fourth-order valence-corrected chi connectivity index (χ4v) is 4.35. The number of ether oxygens (including phenoxy) is 2. The Morgan fingerprint density at radius 1 is 0.939 bits per heavy atom. The second-order valence-electron chi connectivity index (χ2n) is 7.60. The molecule has 0 radical (unpaired) electrons. The highest BCUT2D eigenvalue weighted by Crippen LogP contribution is 2.41. The molecule has 7 heteroatoms. The standard InChI is InChI=1S/C26H24N4O2S/c1-2-16-31-22-15-9-7-13-20(22)24-27-21-14-8-6-12-19(21)23-25(32-24)28-26(30-29-23)33-17-18-10-4-3-5-11-18/h3-15,24,27H,2,16-17H2,1H3. The molecule has 1 atom stereocenters. The summed E-state index contributed by atoms with van der Waals surface area (Å²) in [4.78, 5) is 4.74. The number of nitrogens with one attached hydrogen (secondary N) is 1. The highest BCUT2D eigenvalue weighted by atomic mass is 32.2. The van der Waals surface area contributed by atoms with E-state index >= 15 is 0 Å². The van der Waals surface area contributed by atoms with Gasteiger partial charge in [-0.3, -0.25) is 0 Å². The Morgan fingerprint density at radius 2 is 1.73 bits per heavy atom. The van der Waals surface area contributed by atoms with Crippen molar-refractivity contribution in [2.24, 2.45) is 0 Å². The lowest BCUT2D eigenvalue weighted by molar-refractivity contribution is 0.215. The number of aromatic nitrogens is 3. The van der Waals surface area contributed by atoms with Crippen LogP contribution in [0.4, 0.5) is 5.69 Å². The largest absolute Gasteiger partial charge is 0.493 e. The molecule has 1 unspecified atom stereocenters. The van der Waals surface area contributed by atoms with Crippen molar-refractivity contribution >= 4 is 17.4 Å². The van der Waals surface area contributed by atoms with Gasteiger partial charge in [-0.25, -0.2) is 0 Å². The second-order valence-corrected chi connectivity index (χ2v) is 8.54. The van der Waals surface area contributed by atoms with Crippen LogP contribution in [0.25, 0.3) is 11.3 Å². The first-order valence-electron chi connectivity index (χ1n) is 11.0. The first-order chi connectivity index (χ1) is 16.3. The minimum Gasteiger partial charge on any atom is -0.493 e. The first-order valence-corrected chi connectivity index (χ1v) is 12.0. The summed E-state index contributed by atoms with van der Waals surface area (Å²) < 4.78 is 12.4. The normalized spacial score (nSPS) is 14.3. The Hall–Kier alpha value is -3.58. The molecule has 0 fully saturated rings. The molecule has 1 aliphatic heterocycles. The molecule has 4 aromatic rings. The van der Waals surface area contributed by atoms with Gasteiger partial charge in [-0.15, -0.1) is 10.2 Å². The maximum absolute atomic E-state index is 6.42. The minimum atomic E-state index is -0.482. The lowest BCUT2D eigenvalue weighted by Crippen LogP contribution is -2.18. The van der Waals surface area contributed by atoms with Crippen LogP contribution >= 0.6 is 11.8 Å². The number of benzene rings is 3. The molecule has 5 rings (SSSR count). The van der Waals surface area contributed by atoms with Crippen LogP contribution in [0, 0.1) is 0 Å². The van der Waals surface area contributed by atoms with Gasteiger partial charge in [-0.05, 0) is 30.2 Å². The summed E-state index contributed by atoms with van der Waals surface area (Å²) in [7, 11) is 0. The number of hydrogen-bond acceptors (Lipinski definition) is 7. The summed E-state index contributed by atoms with van der Waals surface area (Å²) in [5.74, 6) is 2.00. The van der Waals surface area contributed by atoms with E-state index in [1.807, 2.05) is 66.7 Å². The highest BCUT2D eigenvalue weighted by molar-refractivity contribution is 7.98. The summed E-state index contributed by atoms with van der Waals surface area (Å²) in [6.07, 6.45) is 0.446. The fraction of sp³-hybridized carbons (Fsp3) is 0.192.